The van der Waals surface area contributed by atoms with Crippen LogP contribution in [0.1, 0.15) is 24.4 Å². The second-order valence-electron chi connectivity index (χ2n) is 3.11. The number of hydroxylamine groups is 1. The highest BCUT2D eigenvalue weighted by molar-refractivity contribution is 5.90. The minimum absolute atomic E-state index is 0.253. The molecule has 1 N–H and O–H groups in total. The monoisotopic (exact) mass is 183 g/mol. The highest BCUT2D eigenvalue weighted by Crippen LogP contribution is 1.99. The Balaban J connectivity index is 2.27. The number of nitrogens with one attached hydrogen (secondary N) is 1. The highest BCUT2D eigenvalue weighted by atomic mass is 16.7. The van der Waals surface area contributed by atoms with Crippen molar-refractivity contribution in [1.29, 1.82) is 0 Å². The number of amides is 1. The predicted octanol–water partition coefficient (Wildman–Crippen LogP) is 1.60. The summed E-state index contributed by atoms with van der Waals surface area (Å²) in [6.07, 6.45) is 1.44. The highest BCUT2D eigenvalue weighted by Gasteiger charge is 2.07. The molecule has 0 aliphatic rings. The first-order valence-corrected chi connectivity index (χ1v) is 4.16. The molecule has 0 fully saturated rings. The first-order chi connectivity index (χ1) is 6.20. The summed E-state index contributed by atoms with van der Waals surface area (Å²) in [6.45, 7) is 4.49. The van der Waals surface area contributed by atoms with Gasteiger partial charge in [0.05, 0.1) is 12.9 Å². The van der Waals surface area contributed by atoms with Gasteiger partial charge in [-0.1, -0.05) is 13.8 Å². The van der Waals surface area contributed by atoms with E-state index in [1.807, 2.05) is 13.8 Å². The average molecular weight is 183 g/mol. The van der Waals surface area contributed by atoms with E-state index in [1.54, 1.807) is 12.1 Å². The summed E-state index contributed by atoms with van der Waals surface area (Å²) in [5.74, 6) is 0.284. The molecule has 0 atom stereocenters. The van der Waals surface area contributed by atoms with Gasteiger partial charge >= 0.3 is 5.91 Å². The van der Waals surface area contributed by atoms with Crippen LogP contribution in [0, 0.1) is 5.92 Å². The smallest absolute Gasteiger partial charge is 0.310 e. The summed E-state index contributed by atoms with van der Waals surface area (Å²) >= 11 is 0. The third-order valence-electron chi connectivity index (χ3n) is 1.33. The zero-order chi connectivity index (χ0) is 9.68. The molecule has 1 heterocycles. The van der Waals surface area contributed by atoms with E-state index in [4.69, 9.17) is 9.25 Å². The van der Waals surface area contributed by atoms with E-state index in [0.29, 0.717) is 12.5 Å². The molecule has 0 aliphatic heterocycles. The van der Waals surface area contributed by atoms with Gasteiger partial charge in [-0.15, -0.1) is 0 Å². The second kappa shape index (κ2) is 4.67. The van der Waals surface area contributed by atoms with Crippen LogP contribution >= 0.6 is 0 Å². The normalized spacial score (nSPS) is 10.4. The van der Waals surface area contributed by atoms with Gasteiger partial charge in [-0.05, 0) is 18.1 Å². The SMILES string of the molecule is CC(C)CONC(=O)c1ccco1. The van der Waals surface area contributed by atoms with Crippen molar-refractivity contribution in [1.82, 2.24) is 5.48 Å². The van der Waals surface area contributed by atoms with Crippen molar-refractivity contribution in [3.63, 3.8) is 0 Å². The van der Waals surface area contributed by atoms with E-state index in [1.165, 1.54) is 6.26 Å². The molecule has 1 rings (SSSR count). The van der Waals surface area contributed by atoms with Gasteiger partial charge in [0.2, 0.25) is 0 Å². The van der Waals surface area contributed by atoms with E-state index < -0.39 is 0 Å². The summed E-state index contributed by atoms with van der Waals surface area (Å²) in [4.78, 5) is 16.1. The molecule has 1 amide bonds. The molecule has 0 saturated heterocycles. The fourth-order valence-electron chi connectivity index (χ4n) is 0.732. The maximum absolute atomic E-state index is 11.2. The summed E-state index contributed by atoms with van der Waals surface area (Å²) < 4.78 is 4.86. The maximum atomic E-state index is 11.2. The molecule has 13 heavy (non-hydrogen) atoms. The molecule has 1 aromatic heterocycles. The van der Waals surface area contributed by atoms with E-state index in [-0.39, 0.29) is 11.7 Å². The maximum Gasteiger partial charge on any atom is 0.310 e. The van der Waals surface area contributed by atoms with Gasteiger partial charge in [0, 0.05) is 0 Å². The standard InChI is InChI=1S/C9H13NO3/c1-7(2)6-13-10-9(11)8-4-3-5-12-8/h3-5,7H,6H2,1-2H3,(H,10,11). The zero-order valence-electron chi connectivity index (χ0n) is 7.74. The van der Waals surface area contributed by atoms with Crippen molar-refractivity contribution in [3.05, 3.63) is 24.2 Å². The molecule has 72 valence electrons. The Morgan fingerprint density at radius 3 is 3.00 bits per heavy atom. The van der Waals surface area contributed by atoms with Gasteiger partial charge in [0.15, 0.2) is 5.76 Å². The number of hydrogen-bond donors (Lipinski definition) is 1. The van der Waals surface area contributed by atoms with E-state index in [2.05, 4.69) is 5.48 Å². The molecule has 0 saturated carbocycles. The molecule has 0 aliphatic carbocycles. The molecular weight excluding hydrogens is 170 g/mol. The van der Waals surface area contributed by atoms with Crippen LogP contribution in [0.25, 0.3) is 0 Å². The fourth-order valence-corrected chi connectivity index (χ4v) is 0.732. The molecule has 4 heteroatoms. The number of furan rings is 1. The van der Waals surface area contributed by atoms with Crippen LogP contribution in [-0.2, 0) is 4.84 Å². The Morgan fingerprint density at radius 2 is 2.46 bits per heavy atom. The average Bonchev–Trinajstić information content (AvgIpc) is 2.55. The number of carbonyl (C=O) groups excluding carboxylic acids is 1. The summed E-state index contributed by atoms with van der Waals surface area (Å²) in [7, 11) is 0. The first kappa shape index (κ1) is 9.80. The van der Waals surface area contributed by atoms with Crippen LogP contribution in [0.4, 0.5) is 0 Å². The third-order valence-corrected chi connectivity index (χ3v) is 1.33. The van der Waals surface area contributed by atoms with Gasteiger partial charge in [0.25, 0.3) is 0 Å². The molecule has 0 bridgehead atoms. The molecular formula is C9H13NO3. The summed E-state index contributed by atoms with van der Waals surface area (Å²) in [5.41, 5.74) is 2.28. The van der Waals surface area contributed by atoms with E-state index in [9.17, 15) is 4.79 Å². The third kappa shape index (κ3) is 3.29. The van der Waals surface area contributed by atoms with E-state index >= 15 is 0 Å². The largest absolute Gasteiger partial charge is 0.459 e. The van der Waals surface area contributed by atoms with Gasteiger partial charge in [-0.2, -0.15) is 0 Å². The minimum Gasteiger partial charge on any atom is -0.459 e. The second-order valence-corrected chi connectivity index (χ2v) is 3.11. The van der Waals surface area contributed by atoms with E-state index in [0.717, 1.165) is 0 Å². The minimum atomic E-state index is -0.356. The van der Waals surface area contributed by atoms with Crippen molar-refractivity contribution in [2.24, 2.45) is 5.92 Å². The Labute approximate surface area is 76.8 Å². The zero-order valence-corrected chi connectivity index (χ0v) is 7.74. The van der Waals surface area contributed by atoms with Crippen LogP contribution in [0.2, 0.25) is 0 Å². The lowest BCUT2D eigenvalue weighted by molar-refractivity contribution is 0.0188. The molecule has 0 radical (unpaired) electrons. The Bertz CT molecular complexity index is 254. The molecule has 0 spiro atoms. The van der Waals surface area contributed by atoms with Crippen molar-refractivity contribution in [3.8, 4) is 0 Å². The fraction of sp³-hybridized carbons (Fsp3) is 0.444. The van der Waals surface area contributed by atoms with Gasteiger partial charge < -0.3 is 4.42 Å². The summed E-state index contributed by atoms with van der Waals surface area (Å²) in [6, 6.07) is 3.23. The quantitative estimate of drug-likeness (QED) is 0.721. The van der Waals surface area contributed by atoms with Crippen molar-refractivity contribution in [2.75, 3.05) is 6.61 Å². The number of carbonyl (C=O) groups is 1. The van der Waals surface area contributed by atoms with Crippen LogP contribution in [0.15, 0.2) is 22.8 Å². The van der Waals surface area contributed by atoms with Gasteiger partial charge in [-0.25, -0.2) is 5.48 Å². The van der Waals surface area contributed by atoms with Crippen LogP contribution in [0.3, 0.4) is 0 Å². The van der Waals surface area contributed by atoms with Crippen LogP contribution < -0.4 is 5.48 Å². The molecule has 0 aromatic carbocycles. The first-order valence-electron chi connectivity index (χ1n) is 4.16. The Hall–Kier alpha value is -1.29. The van der Waals surface area contributed by atoms with Gasteiger partial charge in [0.1, 0.15) is 0 Å². The number of rotatable bonds is 4. The van der Waals surface area contributed by atoms with Crippen LogP contribution in [0.5, 0.6) is 0 Å². The topological polar surface area (TPSA) is 51.5 Å². The Morgan fingerprint density at radius 1 is 1.69 bits per heavy atom. The van der Waals surface area contributed by atoms with Gasteiger partial charge in [-0.3, -0.25) is 9.63 Å². The summed E-state index contributed by atoms with van der Waals surface area (Å²) in [5, 5.41) is 0. The van der Waals surface area contributed by atoms with Crippen molar-refractivity contribution >= 4 is 5.91 Å². The molecule has 4 nitrogen and oxygen atoms in total. The lowest BCUT2D eigenvalue weighted by atomic mass is 10.2. The van der Waals surface area contributed by atoms with Crippen molar-refractivity contribution in [2.45, 2.75) is 13.8 Å². The van der Waals surface area contributed by atoms with Crippen molar-refractivity contribution < 1.29 is 14.0 Å². The number of hydrogen-bond acceptors (Lipinski definition) is 3. The van der Waals surface area contributed by atoms with Crippen LogP contribution in [-0.4, -0.2) is 12.5 Å². The lowest BCUT2D eigenvalue weighted by Gasteiger charge is -2.05. The Kier molecular flexibility index (Phi) is 3.52. The molecule has 1 aromatic rings. The molecule has 0 unspecified atom stereocenters. The lowest BCUT2D eigenvalue weighted by Crippen LogP contribution is -2.25. The predicted molar refractivity (Wildman–Crippen MR) is 47.0 cm³/mol.